The van der Waals surface area contributed by atoms with Crippen LogP contribution in [0.5, 0.6) is 5.75 Å². The first-order valence-electron chi connectivity index (χ1n) is 4.37. The summed E-state index contributed by atoms with van der Waals surface area (Å²) < 4.78 is 4.79. The van der Waals surface area contributed by atoms with Crippen LogP contribution >= 0.6 is 0 Å². The van der Waals surface area contributed by atoms with Crippen LogP contribution in [0.3, 0.4) is 0 Å². The summed E-state index contributed by atoms with van der Waals surface area (Å²) in [7, 11) is 1.24. The minimum Gasteiger partial charge on any atom is -0.490 e. The van der Waals surface area contributed by atoms with Gasteiger partial charge in [-0.1, -0.05) is 0 Å². The molecule has 0 heterocycles. The van der Waals surface area contributed by atoms with E-state index in [4.69, 9.17) is 4.74 Å². The van der Waals surface area contributed by atoms with Crippen molar-refractivity contribution in [2.24, 2.45) is 0 Å². The molecule has 0 aliphatic heterocycles. The molecule has 0 N–H and O–H groups in total. The molecule has 0 radical (unpaired) electrons. The van der Waals surface area contributed by atoms with E-state index in [1.807, 2.05) is 0 Å². The molecule has 0 aliphatic rings. The van der Waals surface area contributed by atoms with Gasteiger partial charge in [0, 0.05) is 11.1 Å². The predicted molar refractivity (Wildman–Crippen MR) is 55.8 cm³/mol. The fourth-order valence-corrected chi connectivity index (χ4v) is 1.43. The fraction of sp³-hybridized carbons (Fsp3) is 0.333. The van der Waals surface area contributed by atoms with Gasteiger partial charge in [-0.3, -0.25) is 20.2 Å². The number of methoxy groups -OCH3 is 1. The molecule has 86 valence electrons. The molecule has 0 aliphatic carbocycles. The Morgan fingerprint density at radius 1 is 1.12 bits per heavy atom. The molecule has 0 atom stereocenters. The Labute approximate surface area is 90.9 Å². The van der Waals surface area contributed by atoms with Crippen LogP contribution in [0.4, 0.5) is 11.4 Å². The molecule has 0 amide bonds. The van der Waals surface area contributed by atoms with E-state index >= 15 is 0 Å². The van der Waals surface area contributed by atoms with Crippen LogP contribution in [0.2, 0.25) is 0 Å². The van der Waals surface area contributed by atoms with Crippen molar-refractivity contribution in [2.75, 3.05) is 7.11 Å². The van der Waals surface area contributed by atoms with Crippen LogP contribution in [0.25, 0.3) is 0 Å². The van der Waals surface area contributed by atoms with Crippen molar-refractivity contribution in [3.8, 4) is 5.75 Å². The summed E-state index contributed by atoms with van der Waals surface area (Å²) >= 11 is 0. The first-order chi connectivity index (χ1) is 7.40. The smallest absolute Gasteiger partial charge is 0.314 e. The molecule has 16 heavy (non-hydrogen) atoms. The monoisotopic (exact) mass is 226 g/mol. The molecule has 0 unspecified atom stereocenters. The Morgan fingerprint density at radius 3 is 2.06 bits per heavy atom. The highest BCUT2D eigenvalue weighted by atomic mass is 16.6. The van der Waals surface area contributed by atoms with Crippen molar-refractivity contribution in [3.63, 3.8) is 0 Å². The van der Waals surface area contributed by atoms with Gasteiger partial charge in [0.25, 0.3) is 5.69 Å². The maximum Gasteiger partial charge on any atom is 0.314 e. The number of rotatable bonds is 3. The standard InChI is InChI=1S/C9H10N2O5/c1-5-6(2)9(11(14)15)8(16-3)4-7(5)10(12)13/h4H,1-3H3. The van der Waals surface area contributed by atoms with Gasteiger partial charge >= 0.3 is 5.69 Å². The first kappa shape index (κ1) is 11.9. The molecular formula is C9H10N2O5. The van der Waals surface area contributed by atoms with E-state index in [0.717, 1.165) is 6.07 Å². The minimum atomic E-state index is -0.606. The Hall–Kier alpha value is -2.18. The third-order valence-corrected chi connectivity index (χ3v) is 2.40. The fourth-order valence-electron chi connectivity index (χ4n) is 1.43. The molecule has 7 nitrogen and oxygen atoms in total. The van der Waals surface area contributed by atoms with Gasteiger partial charge in [0.15, 0.2) is 0 Å². The molecule has 7 heteroatoms. The van der Waals surface area contributed by atoms with E-state index in [1.54, 1.807) is 0 Å². The Balaban J connectivity index is 3.61. The molecule has 0 aromatic heterocycles. The highest BCUT2D eigenvalue weighted by Gasteiger charge is 2.26. The molecule has 0 spiro atoms. The van der Waals surface area contributed by atoms with Crippen LogP contribution in [0, 0.1) is 34.1 Å². The van der Waals surface area contributed by atoms with E-state index in [1.165, 1.54) is 21.0 Å². The zero-order chi connectivity index (χ0) is 12.5. The lowest BCUT2D eigenvalue weighted by atomic mass is 10.1. The Kier molecular flexibility index (Phi) is 3.07. The van der Waals surface area contributed by atoms with Crippen molar-refractivity contribution < 1.29 is 14.6 Å². The molecule has 0 fully saturated rings. The average molecular weight is 226 g/mol. The van der Waals surface area contributed by atoms with E-state index < -0.39 is 9.85 Å². The average Bonchev–Trinajstić information content (AvgIpc) is 2.20. The van der Waals surface area contributed by atoms with Crippen molar-refractivity contribution >= 4 is 11.4 Å². The van der Waals surface area contributed by atoms with E-state index in [0.29, 0.717) is 0 Å². The Bertz CT molecular complexity index is 469. The first-order valence-corrected chi connectivity index (χ1v) is 4.37. The third kappa shape index (κ3) is 1.79. The van der Waals surface area contributed by atoms with E-state index in [-0.39, 0.29) is 28.3 Å². The zero-order valence-electron chi connectivity index (χ0n) is 9.01. The number of ether oxygens (including phenoxy) is 1. The van der Waals surface area contributed by atoms with Crippen LogP contribution in [-0.2, 0) is 0 Å². The molecule has 0 saturated carbocycles. The van der Waals surface area contributed by atoms with Gasteiger partial charge in [-0.15, -0.1) is 0 Å². The van der Waals surface area contributed by atoms with Crippen LogP contribution in [0.1, 0.15) is 11.1 Å². The SMILES string of the molecule is COc1cc([N+](=O)[O-])c(C)c(C)c1[N+](=O)[O-]. The topological polar surface area (TPSA) is 95.5 Å². The second-order valence-electron chi connectivity index (χ2n) is 3.21. The maximum absolute atomic E-state index is 10.8. The summed E-state index contributed by atoms with van der Waals surface area (Å²) in [5.74, 6) is -0.0974. The van der Waals surface area contributed by atoms with Crippen molar-refractivity contribution in [1.82, 2.24) is 0 Å². The molecule has 1 aromatic carbocycles. The summed E-state index contributed by atoms with van der Waals surface area (Å²) in [4.78, 5) is 20.3. The lowest BCUT2D eigenvalue weighted by Crippen LogP contribution is -2.02. The summed E-state index contributed by atoms with van der Waals surface area (Å²) in [6.45, 7) is 2.93. The second kappa shape index (κ2) is 4.13. The highest BCUT2D eigenvalue weighted by Crippen LogP contribution is 2.37. The summed E-state index contributed by atoms with van der Waals surface area (Å²) in [6, 6.07) is 1.07. The third-order valence-electron chi connectivity index (χ3n) is 2.40. The number of nitro groups is 2. The van der Waals surface area contributed by atoms with Crippen molar-refractivity contribution in [1.29, 1.82) is 0 Å². The van der Waals surface area contributed by atoms with Crippen LogP contribution in [0.15, 0.2) is 6.07 Å². The molecule has 0 saturated heterocycles. The van der Waals surface area contributed by atoms with E-state index in [2.05, 4.69) is 0 Å². The van der Waals surface area contributed by atoms with Crippen molar-refractivity contribution in [2.45, 2.75) is 13.8 Å². The van der Waals surface area contributed by atoms with Gasteiger partial charge in [0.2, 0.25) is 5.75 Å². The highest BCUT2D eigenvalue weighted by molar-refractivity contribution is 5.63. The van der Waals surface area contributed by atoms with Gasteiger partial charge in [-0.05, 0) is 13.8 Å². The van der Waals surface area contributed by atoms with Gasteiger partial charge < -0.3 is 4.74 Å². The second-order valence-corrected chi connectivity index (χ2v) is 3.21. The van der Waals surface area contributed by atoms with Gasteiger partial charge in [-0.25, -0.2) is 0 Å². The zero-order valence-corrected chi connectivity index (χ0v) is 9.01. The number of hydrogen-bond donors (Lipinski definition) is 0. The molecule has 0 bridgehead atoms. The normalized spacial score (nSPS) is 9.94. The summed E-state index contributed by atoms with van der Waals surface area (Å²) in [5, 5.41) is 21.5. The maximum atomic E-state index is 10.8. The lowest BCUT2D eigenvalue weighted by Gasteiger charge is -2.07. The quantitative estimate of drug-likeness (QED) is 0.581. The van der Waals surface area contributed by atoms with Crippen molar-refractivity contribution in [3.05, 3.63) is 37.4 Å². The summed E-state index contributed by atoms with van der Waals surface area (Å²) in [6.07, 6.45) is 0. The molecule has 1 rings (SSSR count). The molecule has 1 aromatic rings. The predicted octanol–water partition coefficient (Wildman–Crippen LogP) is 2.13. The minimum absolute atomic E-state index is 0.0974. The summed E-state index contributed by atoms with van der Waals surface area (Å²) in [5.41, 5.74) is 0.110. The molecular weight excluding hydrogens is 216 g/mol. The number of nitrogens with zero attached hydrogens (tertiary/aromatic N) is 2. The Morgan fingerprint density at radius 2 is 1.69 bits per heavy atom. The van der Waals surface area contributed by atoms with Gasteiger partial charge in [-0.2, -0.15) is 0 Å². The van der Waals surface area contributed by atoms with E-state index in [9.17, 15) is 20.2 Å². The number of hydrogen-bond acceptors (Lipinski definition) is 5. The van der Waals surface area contributed by atoms with Gasteiger partial charge in [0.1, 0.15) is 0 Å². The van der Waals surface area contributed by atoms with Crippen LogP contribution in [-0.4, -0.2) is 17.0 Å². The largest absolute Gasteiger partial charge is 0.490 e. The number of nitro benzene ring substituents is 2. The van der Waals surface area contributed by atoms with Crippen LogP contribution < -0.4 is 4.74 Å². The number of benzene rings is 1. The lowest BCUT2D eigenvalue weighted by molar-refractivity contribution is -0.390. The van der Waals surface area contributed by atoms with Gasteiger partial charge in [0.05, 0.1) is 23.0 Å².